The number of carbonyl (C=O) groups excluding carboxylic acids is 2. The molecule has 0 saturated heterocycles. The molecule has 24 heavy (non-hydrogen) atoms. The lowest BCUT2D eigenvalue weighted by atomic mass is 9.48. The molecule has 4 heteroatoms. The van der Waals surface area contributed by atoms with Crippen LogP contribution in [0.2, 0.25) is 0 Å². The average molecular weight is 332 g/mol. The van der Waals surface area contributed by atoms with E-state index in [0.29, 0.717) is 17.9 Å². The summed E-state index contributed by atoms with van der Waals surface area (Å²) in [5.41, 5.74) is 1.90. The Morgan fingerprint density at radius 1 is 1.33 bits per heavy atom. The number of hydrogen-bond donors (Lipinski definition) is 1. The zero-order valence-corrected chi connectivity index (χ0v) is 14.9. The second kappa shape index (κ2) is 6.14. The summed E-state index contributed by atoms with van der Waals surface area (Å²) >= 11 is 0. The van der Waals surface area contributed by atoms with E-state index in [1.807, 2.05) is 0 Å². The largest absolute Gasteiger partial charge is 0.429 e. The fraction of sp³-hybridized carbons (Fsp3) is 0.700. The van der Waals surface area contributed by atoms with Gasteiger partial charge in [0, 0.05) is 11.6 Å². The highest BCUT2D eigenvalue weighted by Crippen LogP contribution is 2.60. The number of allylic oxidation sites excluding steroid dienone is 2. The first kappa shape index (κ1) is 17.4. The molecule has 1 fully saturated rings. The maximum atomic E-state index is 11.6. The van der Waals surface area contributed by atoms with Crippen molar-refractivity contribution in [1.29, 1.82) is 0 Å². The molecule has 1 heterocycles. The molecule has 3 rings (SSSR count). The van der Waals surface area contributed by atoms with E-state index in [-0.39, 0.29) is 16.7 Å². The Bertz CT molecular complexity index is 601. The maximum Gasteiger partial charge on any atom is 0.333 e. The number of rotatable bonds is 4. The van der Waals surface area contributed by atoms with Crippen LogP contribution in [0.1, 0.15) is 59.3 Å². The average Bonchev–Trinajstić information content (AvgIpc) is 2.82. The highest BCUT2D eigenvalue weighted by Gasteiger charge is 2.52. The summed E-state index contributed by atoms with van der Waals surface area (Å²) in [4.78, 5) is 22.9. The summed E-state index contributed by atoms with van der Waals surface area (Å²) < 4.78 is 4.77. The molecule has 0 radical (unpaired) electrons. The number of cyclic esters (lactones) is 1. The van der Waals surface area contributed by atoms with E-state index in [2.05, 4.69) is 26.8 Å². The van der Waals surface area contributed by atoms with Crippen LogP contribution in [0.4, 0.5) is 0 Å². The van der Waals surface area contributed by atoms with Crippen LogP contribution in [-0.2, 0) is 14.3 Å². The zero-order valence-electron chi connectivity index (χ0n) is 14.9. The number of carbonyl (C=O) groups is 2. The second-order valence-electron chi connectivity index (χ2n) is 8.56. The Morgan fingerprint density at radius 3 is 2.71 bits per heavy atom. The SMILES string of the molecule is CC1(C)CCC[C@@]2(C)[C@H](CCC3=CC(=O)O[C@@H]3O)C(C=O)=CC[C@@H]12. The van der Waals surface area contributed by atoms with Gasteiger partial charge in [0.05, 0.1) is 0 Å². The minimum atomic E-state index is -1.11. The van der Waals surface area contributed by atoms with E-state index in [9.17, 15) is 14.7 Å². The van der Waals surface area contributed by atoms with Crippen LogP contribution in [0.25, 0.3) is 0 Å². The summed E-state index contributed by atoms with van der Waals surface area (Å²) in [6.07, 6.45) is 9.30. The third-order valence-electron chi connectivity index (χ3n) is 6.77. The van der Waals surface area contributed by atoms with Gasteiger partial charge < -0.3 is 9.84 Å². The number of aliphatic hydroxyl groups is 1. The Hall–Kier alpha value is -1.42. The highest BCUT2D eigenvalue weighted by molar-refractivity contribution is 5.85. The van der Waals surface area contributed by atoms with E-state index in [1.54, 1.807) is 0 Å². The molecule has 1 aliphatic heterocycles. The van der Waals surface area contributed by atoms with Crippen LogP contribution < -0.4 is 0 Å². The molecule has 0 amide bonds. The fourth-order valence-corrected chi connectivity index (χ4v) is 5.52. The molecule has 0 unspecified atom stereocenters. The van der Waals surface area contributed by atoms with Crippen molar-refractivity contribution in [3.8, 4) is 0 Å². The lowest BCUT2D eigenvalue weighted by molar-refractivity contribution is -0.151. The number of hydrogen-bond acceptors (Lipinski definition) is 4. The molecule has 3 aliphatic rings. The van der Waals surface area contributed by atoms with Crippen LogP contribution in [-0.4, -0.2) is 23.7 Å². The molecule has 0 aromatic carbocycles. The summed E-state index contributed by atoms with van der Waals surface area (Å²) in [5.74, 6) is 0.264. The summed E-state index contributed by atoms with van der Waals surface area (Å²) in [7, 11) is 0. The number of esters is 1. The van der Waals surface area contributed by atoms with Gasteiger partial charge in [-0.05, 0) is 60.3 Å². The predicted octanol–water partition coefficient (Wildman–Crippen LogP) is 3.55. The summed E-state index contributed by atoms with van der Waals surface area (Å²) in [6, 6.07) is 0. The van der Waals surface area contributed by atoms with Crippen molar-refractivity contribution in [3.05, 3.63) is 23.3 Å². The number of aldehydes is 1. The monoisotopic (exact) mass is 332 g/mol. The zero-order chi connectivity index (χ0) is 17.5. The van der Waals surface area contributed by atoms with Crippen LogP contribution in [0.3, 0.4) is 0 Å². The molecule has 0 spiro atoms. The standard InChI is InChI=1S/C20H28O4/c1-19(2)9-4-10-20(3)15(14(12-21)6-8-16(19)20)7-5-13-11-17(22)24-18(13)23/h6,11-12,15-16,18,23H,4-5,7-10H2,1-3H3/t15-,16+,18+,20+/m1/s1. The first-order valence-corrected chi connectivity index (χ1v) is 9.02. The van der Waals surface area contributed by atoms with Gasteiger partial charge in [0.15, 0.2) is 0 Å². The van der Waals surface area contributed by atoms with Crippen molar-refractivity contribution in [2.45, 2.75) is 65.6 Å². The molecule has 132 valence electrons. The molecule has 2 aliphatic carbocycles. The lowest BCUT2D eigenvalue weighted by Gasteiger charge is -2.56. The van der Waals surface area contributed by atoms with Crippen molar-refractivity contribution in [1.82, 2.24) is 0 Å². The third kappa shape index (κ3) is 2.85. The van der Waals surface area contributed by atoms with E-state index in [1.165, 1.54) is 18.9 Å². The molecular weight excluding hydrogens is 304 g/mol. The highest BCUT2D eigenvalue weighted by atomic mass is 16.6. The summed E-state index contributed by atoms with van der Waals surface area (Å²) in [5, 5.41) is 9.80. The Balaban J connectivity index is 1.84. The number of ether oxygens (including phenoxy) is 1. The smallest absolute Gasteiger partial charge is 0.333 e. The van der Waals surface area contributed by atoms with Gasteiger partial charge in [-0.3, -0.25) is 4.79 Å². The number of fused-ring (bicyclic) bond motifs is 1. The Labute approximate surface area is 144 Å². The topological polar surface area (TPSA) is 63.6 Å². The Kier molecular flexibility index (Phi) is 4.45. The van der Waals surface area contributed by atoms with Gasteiger partial charge in [-0.15, -0.1) is 0 Å². The second-order valence-corrected chi connectivity index (χ2v) is 8.56. The third-order valence-corrected chi connectivity index (χ3v) is 6.77. The molecule has 0 aromatic rings. The summed E-state index contributed by atoms with van der Waals surface area (Å²) in [6.45, 7) is 7.03. The minimum absolute atomic E-state index is 0.0989. The van der Waals surface area contributed by atoms with Gasteiger partial charge >= 0.3 is 5.97 Å². The van der Waals surface area contributed by atoms with Crippen molar-refractivity contribution >= 4 is 12.3 Å². The van der Waals surface area contributed by atoms with Gasteiger partial charge in [-0.2, -0.15) is 0 Å². The van der Waals surface area contributed by atoms with Crippen LogP contribution in [0.15, 0.2) is 23.3 Å². The van der Waals surface area contributed by atoms with Gasteiger partial charge in [-0.25, -0.2) is 4.79 Å². The van der Waals surface area contributed by atoms with Gasteiger partial charge in [0.2, 0.25) is 6.29 Å². The van der Waals surface area contributed by atoms with Gasteiger partial charge in [0.1, 0.15) is 6.29 Å². The van der Waals surface area contributed by atoms with E-state index in [4.69, 9.17) is 4.74 Å². The lowest BCUT2D eigenvalue weighted by Crippen LogP contribution is -2.48. The van der Waals surface area contributed by atoms with Crippen LogP contribution in [0, 0.1) is 22.7 Å². The molecule has 0 aromatic heterocycles. The van der Waals surface area contributed by atoms with Crippen molar-refractivity contribution in [2.75, 3.05) is 0 Å². The van der Waals surface area contributed by atoms with Crippen molar-refractivity contribution < 1.29 is 19.4 Å². The normalized spacial score (nSPS) is 38.0. The first-order chi connectivity index (χ1) is 11.3. The van der Waals surface area contributed by atoms with Gasteiger partial charge in [0.25, 0.3) is 0 Å². The van der Waals surface area contributed by atoms with E-state index in [0.717, 1.165) is 31.1 Å². The van der Waals surface area contributed by atoms with Crippen LogP contribution >= 0.6 is 0 Å². The first-order valence-electron chi connectivity index (χ1n) is 9.02. The Morgan fingerprint density at radius 2 is 2.08 bits per heavy atom. The molecule has 1 N–H and O–H groups in total. The number of aliphatic hydroxyl groups excluding tert-OH is 1. The quantitative estimate of drug-likeness (QED) is 0.632. The minimum Gasteiger partial charge on any atom is -0.429 e. The van der Waals surface area contributed by atoms with Crippen molar-refractivity contribution in [2.24, 2.45) is 22.7 Å². The molecule has 1 saturated carbocycles. The van der Waals surface area contributed by atoms with E-state index < -0.39 is 12.3 Å². The van der Waals surface area contributed by atoms with Gasteiger partial charge in [-0.1, -0.05) is 33.3 Å². The molecule has 4 nitrogen and oxygen atoms in total. The van der Waals surface area contributed by atoms with E-state index >= 15 is 0 Å². The molecular formula is C20H28O4. The molecule has 0 bridgehead atoms. The van der Waals surface area contributed by atoms with Crippen molar-refractivity contribution in [3.63, 3.8) is 0 Å². The van der Waals surface area contributed by atoms with Crippen LogP contribution in [0.5, 0.6) is 0 Å². The fourth-order valence-electron chi connectivity index (χ4n) is 5.52. The predicted molar refractivity (Wildman–Crippen MR) is 90.9 cm³/mol. The maximum absolute atomic E-state index is 11.6. The molecule has 4 atom stereocenters.